The van der Waals surface area contributed by atoms with Crippen LogP contribution in [0.2, 0.25) is 0 Å². The minimum Gasteiger partial charge on any atom is -0.481 e. The van der Waals surface area contributed by atoms with Gasteiger partial charge in [0.25, 0.3) is 5.91 Å². The van der Waals surface area contributed by atoms with Gasteiger partial charge >= 0.3 is 12.1 Å². The van der Waals surface area contributed by atoms with Gasteiger partial charge in [-0.05, 0) is 47.2 Å². The number of carbonyl (C=O) groups excluding carboxylic acids is 2. The lowest BCUT2D eigenvalue weighted by Gasteiger charge is -2.15. The smallest absolute Gasteiger partial charge is 0.407 e. The van der Waals surface area contributed by atoms with E-state index in [0.717, 1.165) is 16.7 Å². The Morgan fingerprint density at radius 1 is 0.914 bits per heavy atom. The molecule has 2 amide bonds. The maximum absolute atomic E-state index is 12.6. The van der Waals surface area contributed by atoms with Crippen molar-refractivity contribution in [3.8, 4) is 11.1 Å². The first-order valence-corrected chi connectivity index (χ1v) is 11.6. The van der Waals surface area contributed by atoms with Gasteiger partial charge in [0, 0.05) is 24.1 Å². The van der Waals surface area contributed by atoms with Crippen molar-refractivity contribution in [2.24, 2.45) is 0 Å². The summed E-state index contributed by atoms with van der Waals surface area (Å²) in [7, 11) is 0. The number of benzene rings is 3. The van der Waals surface area contributed by atoms with E-state index >= 15 is 0 Å². The Balaban J connectivity index is 1.31. The predicted molar refractivity (Wildman–Crippen MR) is 132 cm³/mol. The minimum atomic E-state index is -0.974. The molecule has 180 valence electrons. The van der Waals surface area contributed by atoms with Gasteiger partial charge in [-0.25, -0.2) is 4.79 Å². The Labute approximate surface area is 204 Å². The molecule has 4 rings (SSSR count). The van der Waals surface area contributed by atoms with Crippen LogP contribution in [0.4, 0.5) is 4.79 Å². The van der Waals surface area contributed by atoms with Crippen molar-refractivity contribution in [3.05, 3.63) is 95.1 Å². The van der Waals surface area contributed by atoms with E-state index in [9.17, 15) is 14.4 Å². The maximum Gasteiger partial charge on any atom is 0.407 e. The van der Waals surface area contributed by atoms with E-state index in [1.54, 1.807) is 19.1 Å². The molecular formula is C28H28N2O5. The van der Waals surface area contributed by atoms with Crippen LogP contribution in [-0.2, 0) is 16.0 Å². The van der Waals surface area contributed by atoms with Crippen molar-refractivity contribution in [2.45, 2.75) is 31.7 Å². The first kappa shape index (κ1) is 24.0. The van der Waals surface area contributed by atoms with E-state index in [0.29, 0.717) is 18.5 Å². The number of aliphatic carboxylic acids is 1. The Morgan fingerprint density at radius 2 is 1.51 bits per heavy atom. The summed E-state index contributed by atoms with van der Waals surface area (Å²) in [5.41, 5.74) is 5.86. The number of fused-ring (bicyclic) bond motifs is 3. The molecule has 0 aliphatic heterocycles. The van der Waals surface area contributed by atoms with Crippen molar-refractivity contribution < 1.29 is 24.2 Å². The summed E-state index contributed by atoms with van der Waals surface area (Å²) in [5.74, 6) is -1.32. The number of carboxylic acids is 1. The zero-order valence-corrected chi connectivity index (χ0v) is 19.5. The highest BCUT2D eigenvalue weighted by molar-refractivity contribution is 5.96. The second kappa shape index (κ2) is 10.9. The fourth-order valence-corrected chi connectivity index (χ4v) is 4.52. The second-order valence-electron chi connectivity index (χ2n) is 8.63. The molecule has 7 heteroatoms. The van der Waals surface area contributed by atoms with Crippen LogP contribution in [0.1, 0.15) is 46.3 Å². The largest absolute Gasteiger partial charge is 0.481 e. The van der Waals surface area contributed by atoms with E-state index in [2.05, 4.69) is 34.9 Å². The lowest BCUT2D eigenvalue weighted by atomic mass is 9.98. The van der Waals surface area contributed by atoms with Crippen LogP contribution < -0.4 is 10.6 Å². The molecule has 0 fully saturated rings. The van der Waals surface area contributed by atoms with Crippen LogP contribution in [0.15, 0.2) is 72.8 Å². The van der Waals surface area contributed by atoms with Gasteiger partial charge in [0.2, 0.25) is 0 Å². The highest BCUT2D eigenvalue weighted by Crippen LogP contribution is 2.44. The van der Waals surface area contributed by atoms with Crippen molar-refractivity contribution >= 4 is 18.0 Å². The molecule has 1 atom stereocenters. The topological polar surface area (TPSA) is 105 Å². The predicted octanol–water partition coefficient (Wildman–Crippen LogP) is 4.36. The van der Waals surface area contributed by atoms with E-state index in [1.807, 2.05) is 36.4 Å². The third kappa shape index (κ3) is 5.69. The van der Waals surface area contributed by atoms with Gasteiger partial charge < -0.3 is 20.5 Å². The van der Waals surface area contributed by atoms with Gasteiger partial charge in [-0.1, -0.05) is 66.7 Å². The summed E-state index contributed by atoms with van der Waals surface area (Å²) in [6.07, 6.45) is -0.234. The zero-order chi connectivity index (χ0) is 24.8. The van der Waals surface area contributed by atoms with Gasteiger partial charge in [0.15, 0.2) is 0 Å². The fourth-order valence-electron chi connectivity index (χ4n) is 4.52. The highest BCUT2D eigenvalue weighted by Gasteiger charge is 2.29. The number of alkyl carbamates (subject to hydrolysis) is 1. The number of hydrogen-bond acceptors (Lipinski definition) is 4. The number of carbonyl (C=O) groups is 3. The summed E-state index contributed by atoms with van der Waals surface area (Å²) in [6, 6.07) is 22.9. The van der Waals surface area contributed by atoms with Crippen molar-refractivity contribution in [3.63, 3.8) is 0 Å². The lowest BCUT2D eigenvalue weighted by molar-refractivity contribution is -0.137. The third-order valence-electron chi connectivity index (χ3n) is 6.13. The zero-order valence-electron chi connectivity index (χ0n) is 19.5. The molecular weight excluding hydrogens is 444 g/mol. The molecule has 35 heavy (non-hydrogen) atoms. The Hall–Kier alpha value is -4.13. The molecule has 3 aromatic carbocycles. The standard InChI is InChI=1S/C28H28N2O5/c1-18(16-26(31)32)30-27(33)20-9-3-2-8-19(20)14-15-29-28(34)35-17-25-23-12-6-4-10-21(23)22-11-5-7-13-24(22)25/h2-13,18,25H,14-17H2,1H3,(H,29,34)(H,30,33)(H,31,32)/t18-/m1/s1. The normalized spacial score (nSPS) is 12.8. The van der Waals surface area contributed by atoms with Gasteiger partial charge in [0.05, 0.1) is 6.42 Å². The summed E-state index contributed by atoms with van der Waals surface area (Å²) in [5, 5.41) is 14.4. The maximum atomic E-state index is 12.6. The number of rotatable bonds is 9. The van der Waals surface area contributed by atoms with E-state index in [-0.39, 0.29) is 24.9 Å². The quantitative estimate of drug-likeness (QED) is 0.429. The first-order chi connectivity index (χ1) is 16.9. The van der Waals surface area contributed by atoms with Crippen LogP contribution in [-0.4, -0.2) is 42.3 Å². The molecule has 0 spiro atoms. The Kier molecular flexibility index (Phi) is 7.45. The molecule has 0 aromatic heterocycles. The van der Waals surface area contributed by atoms with E-state index in [1.165, 1.54) is 11.1 Å². The van der Waals surface area contributed by atoms with Crippen LogP contribution in [0.25, 0.3) is 11.1 Å². The average Bonchev–Trinajstić information content (AvgIpc) is 3.16. The third-order valence-corrected chi connectivity index (χ3v) is 6.13. The van der Waals surface area contributed by atoms with Crippen LogP contribution in [0.3, 0.4) is 0 Å². The first-order valence-electron chi connectivity index (χ1n) is 11.6. The van der Waals surface area contributed by atoms with Crippen LogP contribution in [0.5, 0.6) is 0 Å². The lowest BCUT2D eigenvalue weighted by Crippen LogP contribution is -2.35. The highest BCUT2D eigenvalue weighted by atomic mass is 16.5. The molecule has 0 bridgehead atoms. The molecule has 3 aromatic rings. The van der Waals surface area contributed by atoms with Crippen LogP contribution in [0, 0.1) is 0 Å². The Bertz CT molecular complexity index is 1190. The SMILES string of the molecule is C[C@H](CC(=O)O)NC(=O)c1ccccc1CCNC(=O)OCC1c2ccccc2-c2ccccc21. The monoisotopic (exact) mass is 472 g/mol. The van der Waals surface area contributed by atoms with Gasteiger partial charge in [-0.15, -0.1) is 0 Å². The number of ether oxygens (including phenoxy) is 1. The number of hydrogen-bond donors (Lipinski definition) is 3. The van der Waals surface area contributed by atoms with E-state index in [4.69, 9.17) is 9.84 Å². The molecule has 0 saturated heterocycles. The van der Waals surface area contributed by atoms with Crippen molar-refractivity contribution in [1.29, 1.82) is 0 Å². The molecule has 3 N–H and O–H groups in total. The van der Waals surface area contributed by atoms with Crippen molar-refractivity contribution in [1.82, 2.24) is 10.6 Å². The molecule has 0 saturated carbocycles. The fraction of sp³-hybridized carbons (Fsp3) is 0.250. The number of amides is 2. The molecule has 1 aliphatic carbocycles. The molecule has 7 nitrogen and oxygen atoms in total. The van der Waals surface area contributed by atoms with Gasteiger partial charge in [-0.3, -0.25) is 9.59 Å². The summed E-state index contributed by atoms with van der Waals surface area (Å²) in [4.78, 5) is 35.9. The Morgan fingerprint density at radius 3 is 2.17 bits per heavy atom. The average molecular weight is 473 g/mol. The minimum absolute atomic E-state index is 0.00892. The molecule has 0 heterocycles. The van der Waals surface area contributed by atoms with Gasteiger partial charge in [0.1, 0.15) is 6.61 Å². The second-order valence-corrected chi connectivity index (χ2v) is 8.63. The number of carboxylic acid groups (broad SMARTS) is 1. The van der Waals surface area contributed by atoms with Crippen LogP contribution >= 0.6 is 0 Å². The van der Waals surface area contributed by atoms with Crippen molar-refractivity contribution in [2.75, 3.05) is 13.2 Å². The summed E-state index contributed by atoms with van der Waals surface area (Å²) in [6.45, 7) is 2.18. The van der Waals surface area contributed by atoms with Gasteiger partial charge in [-0.2, -0.15) is 0 Å². The summed E-state index contributed by atoms with van der Waals surface area (Å²) >= 11 is 0. The molecule has 1 aliphatic rings. The molecule has 0 radical (unpaired) electrons. The number of nitrogens with one attached hydrogen (secondary N) is 2. The summed E-state index contributed by atoms with van der Waals surface area (Å²) < 4.78 is 5.56. The molecule has 0 unspecified atom stereocenters. The van der Waals surface area contributed by atoms with E-state index < -0.39 is 18.1 Å².